The molecule has 1 N–H and O–H groups in total. The minimum atomic E-state index is -0.574. The summed E-state index contributed by atoms with van der Waals surface area (Å²) in [5.41, 5.74) is 0.845. The molecule has 2 heterocycles. The van der Waals surface area contributed by atoms with Crippen molar-refractivity contribution in [3.05, 3.63) is 11.1 Å². The Morgan fingerprint density at radius 3 is 2.95 bits per heavy atom. The molecule has 6 heteroatoms. The van der Waals surface area contributed by atoms with E-state index in [0.29, 0.717) is 11.7 Å². The van der Waals surface area contributed by atoms with E-state index in [1.165, 1.54) is 11.3 Å². The van der Waals surface area contributed by atoms with Gasteiger partial charge in [0, 0.05) is 18.0 Å². The topological polar surface area (TPSA) is 62.3 Å². The van der Waals surface area contributed by atoms with Crippen molar-refractivity contribution >= 4 is 28.3 Å². The predicted octanol–water partition coefficient (Wildman–Crippen LogP) is 2.18. The average molecular weight is 281 g/mol. The second-order valence-electron chi connectivity index (χ2n) is 4.80. The first-order valence-corrected chi connectivity index (χ1v) is 7.54. The van der Waals surface area contributed by atoms with Crippen LogP contribution in [-0.4, -0.2) is 34.3 Å². The number of hydrogen-bond acceptors (Lipinski definition) is 4. The van der Waals surface area contributed by atoms with Crippen LogP contribution in [-0.2, 0) is 9.59 Å². The van der Waals surface area contributed by atoms with Crippen molar-refractivity contribution in [1.82, 2.24) is 9.88 Å². The fourth-order valence-corrected chi connectivity index (χ4v) is 3.07. The molecule has 1 fully saturated rings. The number of carbonyl (C=O) groups excluding carboxylic acids is 2. The lowest BCUT2D eigenvalue weighted by Gasteiger charge is -2.34. The number of anilines is 1. The third-order valence-corrected chi connectivity index (χ3v) is 4.27. The fourth-order valence-electron chi connectivity index (χ4n) is 2.38. The molecule has 1 aliphatic heterocycles. The summed E-state index contributed by atoms with van der Waals surface area (Å²) in [5, 5.41) is 4.91. The van der Waals surface area contributed by atoms with Crippen LogP contribution < -0.4 is 5.32 Å². The smallest absolute Gasteiger partial charge is 0.315 e. The zero-order chi connectivity index (χ0) is 13.8. The maximum atomic E-state index is 12.2. The van der Waals surface area contributed by atoms with E-state index in [2.05, 4.69) is 17.2 Å². The number of aromatic nitrogens is 1. The van der Waals surface area contributed by atoms with E-state index in [1.807, 2.05) is 12.3 Å². The molecule has 1 atom stereocenters. The largest absolute Gasteiger partial charge is 0.331 e. The van der Waals surface area contributed by atoms with Crippen LogP contribution in [0.2, 0.25) is 0 Å². The zero-order valence-electron chi connectivity index (χ0n) is 11.3. The van der Waals surface area contributed by atoms with Crippen molar-refractivity contribution in [3.8, 4) is 0 Å². The lowest BCUT2D eigenvalue weighted by Crippen LogP contribution is -2.48. The Labute approximate surface area is 117 Å². The van der Waals surface area contributed by atoms with Crippen LogP contribution in [0.1, 0.15) is 38.3 Å². The Hall–Kier alpha value is -1.43. The predicted molar refractivity (Wildman–Crippen MR) is 75.1 cm³/mol. The highest BCUT2D eigenvalue weighted by atomic mass is 32.1. The van der Waals surface area contributed by atoms with Gasteiger partial charge in [0.15, 0.2) is 5.13 Å². The number of thiazole rings is 1. The van der Waals surface area contributed by atoms with Crippen molar-refractivity contribution in [2.24, 2.45) is 0 Å². The molecule has 19 heavy (non-hydrogen) atoms. The summed E-state index contributed by atoms with van der Waals surface area (Å²) in [6, 6.07) is 0.199. The van der Waals surface area contributed by atoms with E-state index in [4.69, 9.17) is 0 Å². The van der Waals surface area contributed by atoms with Gasteiger partial charge in [-0.05, 0) is 32.6 Å². The first kappa shape index (κ1) is 14.0. The van der Waals surface area contributed by atoms with Gasteiger partial charge in [-0.1, -0.05) is 6.92 Å². The third kappa shape index (κ3) is 3.32. The van der Waals surface area contributed by atoms with Gasteiger partial charge < -0.3 is 4.90 Å². The van der Waals surface area contributed by atoms with E-state index in [0.717, 1.165) is 31.4 Å². The summed E-state index contributed by atoms with van der Waals surface area (Å²) < 4.78 is 0. The maximum absolute atomic E-state index is 12.2. The highest BCUT2D eigenvalue weighted by Gasteiger charge is 2.29. The second kappa shape index (κ2) is 6.14. The molecule has 2 rings (SSSR count). The molecule has 0 aromatic carbocycles. The number of hydrogen-bond donors (Lipinski definition) is 1. The highest BCUT2D eigenvalue weighted by molar-refractivity contribution is 7.14. The van der Waals surface area contributed by atoms with Gasteiger partial charge in [-0.3, -0.25) is 14.9 Å². The number of nitrogens with one attached hydrogen (secondary N) is 1. The van der Waals surface area contributed by atoms with Crippen LogP contribution in [0.25, 0.3) is 0 Å². The standard InChI is InChI=1S/C13H19N3O2S/c1-3-10-6-4-5-7-16(10)12(18)11(17)15-13-14-9(2)8-19-13/h8,10H,3-7H2,1-2H3,(H,14,15,17). The molecule has 1 unspecified atom stereocenters. The van der Waals surface area contributed by atoms with Gasteiger partial charge in [0.2, 0.25) is 0 Å². The van der Waals surface area contributed by atoms with Crippen LogP contribution in [0, 0.1) is 6.92 Å². The van der Waals surface area contributed by atoms with Crippen molar-refractivity contribution in [3.63, 3.8) is 0 Å². The Bertz CT molecular complexity index is 472. The van der Waals surface area contributed by atoms with Crippen molar-refractivity contribution in [2.75, 3.05) is 11.9 Å². The summed E-state index contributed by atoms with van der Waals surface area (Å²) in [5.74, 6) is -1.01. The molecule has 1 aromatic rings. The molecule has 1 saturated heterocycles. The van der Waals surface area contributed by atoms with Gasteiger partial charge in [-0.15, -0.1) is 11.3 Å². The van der Waals surface area contributed by atoms with Crippen molar-refractivity contribution < 1.29 is 9.59 Å². The number of amides is 2. The highest BCUT2D eigenvalue weighted by Crippen LogP contribution is 2.20. The lowest BCUT2D eigenvalue weighted by molar-refractivity contribution is -0.145. The summed E-state index contributed by atoms with van der Waals surface area (Å²) >= 11 is 1.33. The number of nitrogens with zero attached hydrogens (tertiary/aromatic N) is 2. The number of carbonyl (C=O) groups is 2. The fraction of sp³-hybridized carbons (Fsp3) is 0.615. The quantitative estimate of drug-likeness (QED) is 0.845. The monoisotopic (exact) mass is 281 g/mol. The van der Waals surface area contributed by atoms with Crippen LogP contribution in [0.4, 0.5) is 5.13 Å². The molecule has 1 aromatic heterocycles. The Balaban J connectivity index is 1.99. The molecule has 5 nitrogen and oxygen atoms in total. The van der Waals surface area contributed by atoms with Crippen LogP contribution in [0.15, 0.2) is 5.38 Å². The summed E-state index contributed by atoms with van der Waals surface area (Å²) in [4.78, 5) is 30.0. The number of rotatable bonds is 2. The number of aryl methyl sites for hydroxylation is 1. The average Bonchev–Trinajstić information content (AvgIpc) is 2.83. The van der Waals surface area contributed by atoms with E-state index in [-0.39, 0.29) is 6.04 Å². The molecule has 0 spiro atoms. The first-order chi connectivity index (χ1) is 9.11. The van der Waals surface area contributed by atoms with Gasteiger partial charge >= 0.3 is 11.8 Å². The third-order valence-electron chi connectivity index (χ3n) is 3.39. The molecule has 104 valence electrons. The Morgan fingerprint density at radius 1 is 1.53 bits per heavy atom. The molecule has 0 saturated carbocycles. The minimum absolute atomic E-state index is 0.199. The van der Waals surface area contributed by atoms with Gasteiger partial charge in [0.05, 0.1) is 5.69 Å². The minimum Gasteiger partial charge on any atom is -0.331 e. The SMILES string of the molecule is CCC1CCCCN1C(=O)C(=O)Nc1nc(C)cs1. The van der Waals surface area contributed by atoms with Gasteiger partial charge in [0.1, 0.15) is 0 Å². The van der Waals surface area contributed by atoms with Gasteiger partial charge in [0.25, 0.3) is 0 Å². The molecule has 2 amide bonds. The molecule has 0 aliphatic carbocycles. The molecular formula is C13H19N3O2S. The van der Waals surface area contributed by atoms with E-state index < -0.39 is 11.8 Å². The summed E-state index contributed by atoms with van der Waals surface area (Å²) in [6.07, 6.45) is 4.00. The first-order valence-electron chi connectivity index (χ1n) is 6.66. The number of piperidine rings is 1. The normalized spacial score (nSPS) is 19.3. The number of likely N-dealkylation sites (tertiary alicyclic amines) is 1. The Kier molecular flexibility index (Phi) is 4.52. The van der Waals surface area contributed by atoms with Gasteiger partial charge in [-0.25, -0.2) is 4.98 Å². The maximum Gasteiger partial charge on any atom is 0.315 e. The summed E-state index contributed by atoms with van der Waals surface area (Å²) in [6.45, 7) is 4.59. The molecule has 1 aliphatic rings. The molecule has 0 radical (unpaired) electrons. The molecule has 0 bridgehead atoms. The van der Waals surface area contributed by atoms with E-state index >= 15 is 0 Å². The van der Waals surface area contributed by atoms with Crippen LogP contribution in [0.3, 0.4) is 0 Å². The van der Waals surface area contributed by atoms with E-state index in [9.17, 15) is 9.59 Å². The van der Waals surface area contributed by atoms with Crippen molar-refractivity contribution in [1.29, 1.82) is 0 Å². The van der Waals surface area contributed by atoms with E-state index in [1.54, 1.807) is 4.90 Å². The molecular weight excluding hydrogens is 262 g/mol. The summed E-state index contributed by atoms with van der Waals surface area (Å²) in [7, 11) is 0. The second-order valence-corrected chi connectivity index (χ2v) is 5.66. The zero-order valence-corrected chi connectivity index (χ0v) is 12.1. The van der Waals surface area contributed by atoms with Crippen LogP contribution in [0.5, 0.6) is 0 Å². The lowest BCUT2D eigenvalue weighted by atomic mass is 10.00. The van der Waals surface area contributed by atoms with Crippen molar-refractivity contribution in [2.45, 2.75) is 45.6 Å². The van der Waals surface area contributed by atoms with Gasteiger partial charge in [-0.2, -0.15) is 0 Å². The Morgan fingerprint density at radius 2 is 2.32 bits per heavy atom. The van der Waals surface area contributed by atoms with Crippen LogP contribution >= 0.6 is 11.3 Å².